The Kier molecular flexibility index (Phi) is 11.2. The molecule has 0 aliphatic rings. The molecular weight excluding hydrogens is 476 g/mol. The topological polar surface area (TPSA) is 49.4 Å². The molecule has 4 nitrogen and oxygen atoms in total. The van der Waals surface area contributed by atoms with Gasteiger partial charge in [0.2, 0.25) is 11.8 Å². The Morgan fingerprint density at radius 1 is 0.886 bits per heavy atom. The Hall–Kier alpha value is -2.76. The second-order valence-corrected chi connectivity index (χ2v) is 9.90. The van der Waals surface area contributed by atoms with Gasteiger partial charge in [0.05, 0.1) is 5.75 Å². The molecule has 1 atom stereocenters. The maximum absolute atomic E-state index is 13.6. The molecule has 3 rings (SSSR count). The van der Waals surface area contributed by atoms with Crippen LogP contribution in [0.4, 0.5) is 0 Å². The van der Waals surface area contributed by atoms with E-state index in [1.165, 1.54) is 0 Å². The number of benzene rings is 3. The zero-order valence-electron chi connectivity index (χ0n) is 20.2. The highest BCUT2D eigenvalue weighted by Gasteiger charge is 2.30. The van der Waals surface area contributed by atoms with Gasteiger partial charge >= 0.3 is 0 Å². The lowest BCUT2D eigenvalue weighted by Gasteiger charge is -2.31. The van der Waals surface area contributed by atoms with Gasteiger partial charge in [-0.3, -0.25) is 9.59 Å². The molecule has 2 amide bonds. The van der Waals surface area contributed by atoms with Crippen LogP contribution < -0.4 is 5.32 Å². The van der Waals surface area contributed by atoms with Crippen LogP contribution >= 0.6 is 23.4 Å². The van der Waals surface area contributed by atoms with Gasteiger partial charge in [0.25, 0.3) is 0 Å². The summed E-state index contributed by atoms with van der Waals surface area (Å²) in [7, 11) is 0. The summed E-state index contributed by atoms with van der Waals surface area (Å²) >= 11 is 7.54. The fourth-order valence-corrected chi connectivity index (χ4v) is 4.76. The van der Waals surface area contributed by atoms with Crippen LogP contribution in [0.2, 0.25) is 5.02 Å². The lowest BCUT2D eigenvalue weighted by Crippen LogP contribution is -2.51. The Bertz CT molecular complexity index is 1050. The first-order valence-electron chi connectivity index (χ1n) is 12.0. The first-order valence-corrected chi connectivity index (χ1v) is 13.6. The summed E-state index contributed by atoms with van der Waals surface area (Å²) in [4.78, 5) is 28.7. The second kappa shape index (κ2) is 14.6. The van der Waals surface area contributed by atoms with E-state index in [4.69, 9.17) is 11.6 Å². The van der Waals surface area contributed by atoms with E-state index >= 15 is 0 Å². The van der Waals surface area contributed by atoms with E-state index in [1.807, 2.05) is 84.9 Å². The normalized spacial score (nSPS) is 11.6. The molecule has 3 aromatic carbocycles. The predicted molar refractivity (Wildman–Crippen MR) is 146 cm³/mol. The summed E-state index contributed by atoms with van der Waals surface area (Å²) in [6, 6.07) is 26.8. The number of nitrogens with one attached hydrogen (secondary N) is 1. The number of halogens is 1. The van der Waals surface area contributed by atoms with Crippen molar-refractivity contribution < 1.29 is 9.59 Å². The summed E-state index contributed by atoms with van der Waals surface area (Å²) in [5.74, 6) is 0.852. The highest BCUT2D eigenvalue weighted by Crippen LogP contribution is 2.19. The SMILES string of the molecule is CCCCNC(=O)[C@H](Cc1ccccc1)N(Cc1ccccc1)C(=O)CSCc1ccc(Cl)cc1. The summed E-state index contributed by atoms with van der Waals surface area (Å²) in [5.41, 5.74) is 3.14. The van der Waals surface area contributed by atoms with Crippen molar-refractivity contribution in [3.8, 4) is 0 Å². The molecule has 6 heteroatoms. The molecule has 0 fully saturated rings. The molecule has 0 unspecified atom stereocenters. The quantitative estimate of drug-likeness (QED) is 0.282. The zero-order valence-corrected chi connectivity index (χ0v) is 21.7. The maximum atomic E-state index is 13.6. The van der Waals surface area contributed by atoms with Gasteiger partial charge in [-0.05, 0) is 35.2 Å². The van der Waals surface area contributed by atoms with E-state index in [0.29, 0.717) is 36.0 Å². The molecule has 0 bridgehead atoms. The van der Waals surface area contributed by atoms with Crippen molar-refractivity contribution in [1.82, 2.24) is 10.2 Å². The largest absolute Gasteiger partial charge is 0.354 e. The van der Waals surface area contributed by atoms with Gasteiger partial charge in [0, 0.05) is 30.3 Å². The number of thioether (sulfide) groups is 1. The Labute approximate surface area is 218 Å². The van der Waals surface area contributed by atoms with Crippen molar-refractivity contribution in [2.24, 2.45) is 0 Å². The van der Waals surface area contributed by atoms with Crippen molar-refractivity contribution in [1.29, 1.82) is 0 Å². The minimum atomic E-state index is -0.585. The minimum Gasteiger partial charge on any atom is -0.354 e. The molecule has 3 aromatic rings. The van der Waals surface area contributed by atoms with Crippen LogP contribution in [0.5, 0.6) is 0 Å². The first-order chi connectivity index (χ1) is 17.1. The van der Waals surface area contributed by atoms with Crippen LogP contribution in [0.1, 0.15) is 36.5 Å². The van der Waals surface area contributed by atoms with Crippen molar-refractivity contribution >= 4 is 35.2 Å². The molecular formula is C29H33ClN2O2S. The summed E-state index contributed by atoms with van der Waals surface area (Å²) in [6.45, 7) is 3.09. The van der Waals surface area contributed by atoms with Crippen LogP contribution in [0.15, 0.2) is 84.9 Å². The molecule has 0 radical (unpaired) electrons. The van der Waals surface area contributed by atoms with Crippen LogP contribution in [0, 0.1) is 0 Å². The lowest BCUT2D eigenvalue weighted by molar-refractivity contribution is -0.139. The van der Waals surface area contributed by atoms with Crippen LogP contribution in [-0.2, 0) is 28.3 Å². The average Bonchev–Trinajstić information content (AvgIpc) is 2.88. The Morgan fingerprint density at radius 2 is 1.51 bits per heavy atom. The molecule has 0 saturated carbocycles. The molecule has 0 saturated heterocycles. The van der Waals surface area contributed by atoms with Gasteiger partial charge in [-0.25, -0.2) is 0 Å². The van der Waals surface area contributed by atoms with E-state index in [1.54, 1.807) is 16.7 Å². The molecule has 0 spiro atoms. The molecule has 0 aliphatic carbocycles. The second-order valence-electron chi connectivity index (χ2n) is 8.48. The molecule has 0 heterocycles. The number of hydrogen-bond acceptors (Lipinski definition) is 3. The van der Waals surface area contributed by atoms with Gasteiger partial charge in [0.1, 0.15) is 6.04 Å². The Morgan fingerprint density at radius 3 is 2.14 bits per heavy atom. The number of amides is 2. The first kappa shape index (κ1) is 26.8. The number of unbranched alkanes of at least 4 members (excludes halogenated alkanes) is 1. The third kappa shape index (κ3) is 9.08. The van der Waals surface area contributed by atoms with Gasteiger partial charge < -0.3 is 10.2 Å². The number of carbonyl (C=O) groups excluding carboxylic acids is 2. The molecule has 0 aromatic heterocycles. The molecule has 184 valence electrons. The van der Waals surface area contributed by atoms with Crippen LogP contribution in [-0.4, -0.2) is 35.1 Å². The van der Waals surface area contributed by atoms with Gasteiger partial charge in [-0.15, -0.1) is 11.8 Å². The maximum Gasteiger partial charge on any atom is 0.243 e. The smallest absolute Gasteiger partial charge is 0.243 e. The number of rotatable bonds is 13. The monoisotopic (exact) mass is 508 g/mol. The van der Waals surface area contributed by atoms with Crippen LogP contribution in [0.25, 0.3) is 0 Å². The van der Waals surface area contributed by atoms with Gasteiger partial charge in [-0.2, -0.15) is 0 Å². The van der Waals surface area contributed by atoms with Gasteiger partial charge in [0.15, 0.2) is 0 Å². The van der Waals surface area contributed by atoms with Crippen molar-refractivity contribution in [2.75, 3.05) is 12.3 Å². The lowest BCUT2D eigenvalue weighted by atomic mass is 10.0. The van der Waals surface area contributed by atoms with Crippen molar-refractivity contribution in [2.45, 2.75) is 44.5 Å². The van der Waals surface area contributed by atoms with E-state index in [0.717, 1.165) is 29.5 Å². The fourth-order valence-electron chi connectivity index (χ4n) is 3.76. The summed E-state index contributed by atoms with van der Waals surface area (Å²) in [6.07, 6.45) is 2.38. The van der Waals surface area contributed by atoms with Crippen molar-refractivity contribution in [3.05, 3.63) is 107 Å². The highest BCUT2D eigenvalue weighted by atomic mass is 35.5. The van der Waals surface area contributed by atoms with E-state index < -0.39 is 6.04 Å². The minimum absolute atomic E-state index is 0.0422. The Balaban J connectivity index is 1.79. The third-order valence-electron chi connectivity index (χ3n) is 5.70. The number of hydrogen-bond donors (Lipinski definition) is 1. The van der Waals surface area contributed by atoms with E-state index in [2.05, 4.69) is 12.2 Å². The van der Waals surface area contributed by atoms with E-state index in [-0.39, 0.29) is 11.8 Å². The molecule has 1 N–H and O–H groups in total. The van der Waals surface area contributed by atoms with Crippen LogP contribution in [0.3, 0.4) is 0 Å². The number of carbonyl (C=O) groups is 2. The average molecular weight is 509 g/mol. The molecule has 35 heavy (non-hydrogen) atoms. The fraction of sp³-hybridized carbons (Fsp3) is 0.310. The molecule has 0 aliphatic heterocycles. The van der Waals surface area contributed by atoms with E-state index in [9.17, 15) is 9.59 Å². The van der Waals surface area contributed by atoms with Crippen molar-refractivity contribution in [3.63, 3.8) is 0 Å². The summed E-state index contributed by atoms with van der Waals surface area (Å²) in [5, 5.41) is 3.76. The summed E-state index contributed by atoms with van der Waals surface area (Å²) < 4.78 is 0. The standard InChI is InChI=1S/C29H33ClN2O2S/c1-2-3-18-31-29(34)27(19-23-10-6-4-7-11-23)32(20-24-12-8-5-9-13-24)28(33)22-35-21-25-14-16-26(30)17-15-25/h4-17,27H,2-3,18-22H2,1H3,(H,31,34)/t27-/m0/s1. The third-order valence-corrected chi connectivity index (χ3v) is 6.94. The highest BCUT2D eigenvalue weighted by molar-refractivity contribution is 7.99. The zero-order chi connectivity index (χ0) is 24.9. The number of nitrogens with zero attached hydrogens (tertiary/aromatic N) is 1. The van der Waals surface area contributed by atoms with Gasteiger partial charge in [-0.1, -0.05) is 97.7 Å². The predicted octanol–water partition coefficient (Wildman–Crippen LogP) is 6.13.